The van der Waals surface area contributed by atoms with Gasteiger partial charge in [0.2, 0.25) is 0 Å². The Kier molecular flexibility index (Phi) is 6.44. The minimum absolute atomic E-state index is 0.226. The van der Waals surface area contributed by atoms with Gasteiger partial charge in [0.25, 0.3) is 0 Å². The van der Waals surface area contributed by atoms with Crippen molar-refractivity contribution in [2.45, 2.75) is 25.7 Å². The predicted molar refractivity (Wildman–Crippen MR) is 69.7 cm³/mol. The fourth-order valence-electron chi connectivity index (χ4n) is 1.73. The van der Waals surface area contributed by atoms with E-state index in [4.69, 9.17) is 20.8 Å². The third-order valence-electron chi connectivity index (χ3n) is 2.60. The van der Waals surface area contributed by atoms with Crippen LogP contribution in [0.15, 0.2) is 30.3 Å². The minimum Gasteiger partial charge on any atom is -0.465 e. The van der Waals surface area contributed by atoms with Crippen molar-refractivity contribution in [3.8, 4) is 0 Å². The van der Waals surface area contributed by atoms with Crippen molar-refractivity contribution < 1.29 is 19.7 Å². The van der Waals surface area contributed by atoms with Gasteiger partial charge in [-0.3, -0.25) is 10.6 Å². The van der Waals surface area contributed by atoms with E-state index in [-0.39, 0.29) is 13.2 Å². The maximum absolute atomic E-state index is 11.9. The first-order valence-electron chi connectivity index (χ1n) is 6.12. The molecule has 1 unspecified atom stereocenters. The first-order chi connectivity index (χ1) is 9.04. The summed E-state index contributed by atoms with van der Waals surface area (Å²) in [5.41, 5.74) is 0.920. The second-order valence-electron chi connectivity index (χ2n) is 4.13. The summed E-state index contributed by atoms with van der Waals surface area (Å²) >= 11 is 0. The van der Waals surface area contributed by atoms with Crippen LogP contribution in [0.1, 0.15) is 12.5 Å². The zero-order valence-corrected chi connectivity index (χ0v) is 10.9. The fourth-order valence-corrected chi connectivity index (χ4v) is 1.73. The van der Waals surface area contributed by atoms with Gasteiger partial charge in [-0.25, -0.2) is 5.01 Å². The summed E-state index contributed by atoms with van der Waals surface area (Å²) in [5.74, 6) is 5.23. The van der Waals surface area contributed by atoms with Crippen LogP contribution in [-0.2, 0) is 16.0 Å². The topological polar surface area (TPSA) is 96.0 Å². The molecule has 1 aromatic rings. The SMILES string of the molecule is CCOC(=O)C(Cc1ccccc1)N(N)CC(O)O. The van der Waals surface area contributed by atoms with Gasteiger partial charge in [-0.2, -0.15) is 0 Å². The van der Waals surface area contributed by atoms with E-state index in [1.165, 1.54) is 0 Å². The first kappa shape index (κ1) is 15.6. The molecule has 0 aliphatic heterocycles. The van der Waals surface area contributed by atoms with E-state index >= 15 is 0 Å². The van der Waals surface area contributed by atoms with E-state index in [9.17, 15) is 4.79 Å². The van der Waals surface area contributed by atoms with Crippen molar-refractivity contribution in [1.82, 2.24) is 5.01 Å². The molecule has 106 valence electrons. The number of carbonyl (C=O) groups is 1. The number of ether oxygens (including phenoxy) is 1. The van der Waals surface area contributed by atoms with Crippen LogP contribution in [0.5, 0.6) is 0 Å². The summed E-state index contributed by atoms with van der Waals surface area (Å²) in [5, 5.41) is 19.0. The Labute approximate surface area is 112 Å². The second-order valence-corrected chi connectivity index (χ2v) is 4.13. The molecule has 0 bridgehead atoms. The summed E-state index contributed by atoms with van der Waals surface area (Å²) in [7, 11) is 0. The molecule has 6 heteroatoms. The summed E-state index contributed by atoms with van der Waals surface area (Å²) in [6.07, 6.45) is -1.25. The lowest BCUT2D eigenvalue weighted by molar-refractivity contribution is -0.152. The van der Waals surface area contributed by atoms with Crippen LogP contribution in [-0.4, -0.2) is 46.7 Å². The Morgan fingerprint density at radius 1 is 1.37 bits per heavy atom. The number of nitrogens with zero attached hydrogens (tertiary/aromatic N) is 1. The smallest absolute Gasteiger partial charge is 0.325 e. The van der Waals surface area contributed by atoms with Crippen LogP contribution in [0.2, 0.25) is 0 Å². The number of aliphatic hydroxyl groups is 2. The highest BCUT2D eigenvalue weighted by Crippen LogP contribution is 2.09. The van der Waals surface area contributed by atoms with E-state index in [1.807, 2.05) is 30.3 Å². The number of nitrogens with two attached hydrogens (primary N) is 1. The quantitative estimate of drug-likeness (QED) is 0.271. The van der Waals surface area contributed by atoms with Crippen LogP contribution in [0.3, 0.4) is 0 Å². The summed E-state index contributed by atoms with van der Waals surface area (Å²) < 4.78 is 4.96. The molecule has 0 radical (unpaired) electrons. The Balaban J connectivity index is 2.77. The number of aliphatic hydroxyl groups excluding tert-OH is 1. The van der Waals surface area contributed by atoms with Crippen LogP contribution < -0.4 is 5.84 Å². The molecule has 0 saturated heterocycles. The third kappa shape index (κ3) is 5.35. The minimum atomic E-state index is -1.60. The summed E-state index contributed by atoms with van der Waals surface area (Å²) in [6.45, 7) is 1.73. The van der Waals surface area contributed by atoms with Gasteiger partial charge in [-0.05, 0) is 18.9 Å². The average molecular weight is 268 g/mol. The van der Waals surface area contributed by atoms with Gasteiger partial charge in [-0.15, -0.1) is 0 Å². The maximum atomic E-state index is 11.9. The predicted octanol–water partition coefficient (Wildman–Crippen LogP) is -0.353. The lowest BCUT2D eigenvalue weighted by Crippen LogP contribution is -2.51. The molecule has 0 fully saturated rings. The molecular weight excluding hydrogens is 248 g/mol. The largest absolute Gasteiger partial charge is 0.465 e. The Morgan fingerprint density at radius 3 is 2.53 bits per heavy atom. The van der Waals surface area contributed by atoms with Crippen molar-refractivity contribution >= 4 is 5.97 Å². The molecule has 0 heterocycles. The van der Waals surface area contributed by atoms with Crippen molar-refractivity contribution in [3.63, 3.8) is 0 Å². The van der Waals surface area contributed by atoms with Gasteiger partial charge < -0.3 is 14.9 Å². The van der Waals surface area contributed by atoms with E-state index in [0.29, 0.717) is 6.42 Å². The van der Waals surface area contributed by atoms with Crippen LogP contribution in [0.4, 0.5) is 0 Å². The lowest BCUT2D eigenvalue weighted by atomic mass is 10.1. The van der Waals surface area contributed by atoms with E-state index in [1.54, 1.807) is 6.92 Å². The third-order valence-corrected chi connectivity index (χ3v) is 2.60. The molecule has 0 amide bonds. The second kappa shape index (κ2) is 7.85. The normalized spacial score (nSPS) is 12.7. The molecule has 0 aliphatic rings. The van der Waals surface area contributed by atoms with E-state index in [2.05, 4.69) is 0 Å². The van der Waals surface area contributed by atoms with Gasteiger partial charge in [0.15, 0.2) is 6.29 Å². The molecule has 1 aromatic carbocycles. The van der Waals surface area contributed by atoms with Gasteiger partial charge in [0, 0.05) is 0 Å². The van der Waals surface area contributed by atoms with Gasteiger partial charge in [-0.1, -0.05) is 30.3 Å². The highest BCUT2D eigenvalue weighted by atomic mass is 16.5. The molecule has 0 aliphatic carbocycles. The number of benzene rings is 1. The Morgan fingerprint density at radius 2 is 2.00 bits per heavy atom. The number of rotatable bonds is 7. The standard InChI is InChI=1S/C13H20N2O4/c1-2-19-13(18)11(15(14)9-12(16)17)8-10-6-4-3-5-7-10/h3-7,11-12,16-17H,2,8-9,14H2,1H3. The highest BCUT2D eigenvalue weighted by Gasteiger charge is 2.26. The first-order valence-corrected chi connectivity index (χ1v) is 6.12. The molecule has 1 atom stereocenters. The summed E-state index contributed by atoms with van der Waals surface area (Å²) in [6, 6.07) is 8.59. The molecule has 6 nitrogen and oxygen atoms in total. The van der Waals surface area contributed by atoms with E-state index < -0.39 is 18.3 Å². The Hall–Kier alpha value is -1.47. The van der Waals surface area contributed by atoms with E-state index in [0.717, 1.165) is 10.6 Å². The number of hydrogen-bond acceptors (Lipinski definition) is 6. The zero-order valence-electron chi connectivity index (χ0n) is 10.9. The number of hydrogen-bond donors (Lipinski definition) is 3. The highest BCUT2D eigenvalue weighted by molar-refractivity contribution is 5.76. The van der Waals surface area contributed by atoms with Crippen molar-refractivity contribution in [2.75, 3.05) is 13.2 Å². The zero-order chi connectivity index (χ0) is 14.3. The van der Waals surface area contributed by atoms with Gasteiger partial charge >= 0.3 is 5.97 Å². The average Bonchev–Trinajstić information content (AvgIpc) is 2.36. The van der Waals surface area contributed by atoms with Gasteiger partial charge in [0.1, 0.15) is 6.04 Å². The fraction of sp³-hybridized carbons (Fsp3) is 0.462. The van der Waals surface area contributed by atoms with Crippen LogP contribution in [0.25, 0.3) is 0 Å². The number of esters is 1. The molecule has 1 rings (SSSR count). The molecule has 0 aromatic heterocycles. The lowest BCUT2D eigenvalue weighted by Gasteiger charge is -2.26. The molecular formula is C13H20N2O4. The number of hydrazine groups is 1. The maximum Gasteiger partial charge on any atom is 0.325 e. The van der Waals surface area contributed by atoms with Gasteiger partial charge in [0.05, 0.1) is 13.2 Å². The molecule has 4 N–H and O–H groups in total. The molecule has 0 spiro atoms. The molecule has 0 saturated carbocycles. The van der Waals surface area contributed by atoms with Crippen molar-refractivity contribution in [2.24, 2.45) is 5.84 Å². The Bertz CT molecular complexity index is 383. The number of carbonyl (C=O) groups excluding carboxylic acids is 1. The van der Waals surface area contributed by atoms with Crippen LogP contribution in [0, 0.1) is 0 Å². The molecule has 19 heavy (non-hydrogen) atoms. The summed E-state index contributed by atoms with van der Waals surface area (Å²) in [4.78, 5) is 11.9. The van der Waals surface area contributed by atoms with Crippen LogP contribution >= 0.6 is 0 Å². The monoisotopic (exact) mass is 268 g/mol. The van der Waals surface area contributed by atoms with Crippen molar-refractivity contribution in [1.29, 1.82) is 0 Å². The van der Waals surface area contributed by atoms with Crippen molar-refractivity contribution in [3.05, 3.63) is 35.9 Å².